The van der Waals surface area contributed by atoms with E-state index in [1.807, 2.05) is 17.5 Å². The van der Waals surface area contributed by atoms with E-state index in [-0.39, 0.29) is 23.1 Å². The SMILES string of the molecule is Cn1nc(C(=O)N2CCN(C(=O)c3cccs3)CC2)c2ccccc2c1=O. The van der Waals surface area contributed by atoms with Crippen molar-refractivity contribution in [2.45, 2.75) is 0 Å². The average molecular weight is 382 g/mol. The van der Waals surface area contributed by atoms with Crippen LogP contribution in [0, 0.1) is 0 Å². The molecule has 2 amide bonds. The van der Waals surface area contributed by atoms with Crippen LogP contribution < -0.4 is 5.56 Å². The number of piperazine rings is 1. The first-order chi connectivity index (χ1) is 13.1. The van der Waals surface area contributed by atoms with Crippen molar-refractivity contribution in [3.05, 3.63) is 62.7 Å². The Morgan fingerprint density at radius 1 is 0.926 bits per heavy atom. The fraction of sp³-hybridized carbons (Fsp3) is 0.263. The standard InChI is InChI=1S/C19H18N4O3S/c1-21-17(24)14-6-3-2-5-13(14)16(20-21)19(26)23-10-8-22(9-11-23)18(25)15-7-4-12-27-15/h2-7,12H,8-11H2,1H3. The van der Waals surface area contributed by atoms with Crippen LogP contribution >= 0.6 is 11.3 Å². The number of aryl methyl sites for hydroxylation is 1. The Morgan fingerprint density at radius 3 is 2.19 bits per heavy atom. The minimum Gasteiger partial charge on any atom is -0.334 e. The summed E-state index contributed by atoms with van der Waals surface area (Å²) in [5, 5.41) is 7.12. The number of carbonyl (C=O) groups excluding carboxylic acids is 2. The maximum Gasteiger partial charge on any atom is 0.275 e. The Hall–Kier alpha value is -3.00. The van der Waals surface area contributed by atoms with Gasteiger partial charge in [-0.05, 0) is 17.5 Å². The number of aromatic nitrogens is 2. The third-order valence-corrected chi connectivity index (χ3v) is 5.60. The van der Waals surface area contributed by atoms with E-state index in [9.17, 15) is 14.4 Å². The number of amides is 2. The summed E-state index contributed by atoms with van der Waals surface area (Å²) in [6, 6.07) is 10.7. The molecule has 138 valence electrons. The number of fused-ring (bicyclic) bond motifs is 1. The Bertz CT molecular complexity index is 1070. The molecule has 1 aliphatic heterocycles. The van der Waals surface area contributed by atoms with Crippen molar-refractivity contribution >= 4 is 33.9 Å². The molecule has 0 spiro atoms. The lowest BCUT2D eigenvalue weighted by Gasteiger charge is -2.34. The molecular weight excluding hydrogens is 364 g/mol. The third kappa shape index (κ3) is 3.12. The number of benzene rings is 1. The van der Waals surface area contributed by atoms with Gasteiger partial charge in [0, 0.05) is 38.6 Å². The Labute approximate surface area is 159 Å². The van der Waals surface area contributed by atoms with E-state index in [0.29, 0.717) is 41.8 Å². The molecule has 8 heteroatoms. The fourth-order valence-electron chi connectivity index (χ4n) is 3.28. The molecule has 1 saturated heterocycles. The highest BCUT2D eigenvalue weighted by molar-refractivity contribution is 7.12. The molecule has 0 aliphatic carbocycles. The summed E-state index contributed by atoms with van der Waals surface area (Å²) in [5.74, 6) is -0.215. The van der Waals surface area contributed by atoms with Crippen molar-refractivity contribution in [3.8, 4) is 0 Å². The van der Waals surface area contributed by atoms with E-state index in [1.165, 1.54) is 16.0 Å². The van der Waals surface area contributed by atoms with E-state index in [2.05, 4.69) is 5.10 Å². The average Bonchev–Trinajstić information content (AvgIpc) is 3.25. The van der Waals surface area contributed by atoms with Gasteiger partial charge in [-0.3, -0.25) is 14.4 Å². The molecule has 3 aromatic rings. The summed E-state index contributed by atoms with van der Waals surface area (Å²) in [6.07, 6.45) is 0. The predicted molar refractivity (Wildman–Crippen MR) is 103 cm³/mol. The minimum absolute atomic E-state index is 0.00258. The number of thiophene rings is 1. The molecule has 1 aliphatic rings. The Kier molecular flexibility index (Phi) is 4.49. The number of hydrogen-bond donors (Lipinski definition) is 0. The van der Waals surface area contributed by atoms with Gasteiger partial charge in [0.15, 0.2) is 5.69 Å². The van der Waals surface area contributed by atoms with Crippen molar-refractivity contribution in [2.75, 3.05) is 26.2 Å². The van der Waals surface area contributed by atoms with Gasteiger partial charge in [0.1, 0.15) is 0 Å². The molecule has 0 N–H and O–H groups in total. The van der Waals surface area contributed by atoms with E-state index in [0.717, 1.165) is 0 Å². The van der Waals surface area contributed by atoms with Crippen LogP contribution in [0.25, 0.3) is 10.8 Å². The van der Waals surface area contributed by atoms with E-state index in [1.54, 1.807) is 41.1 Å². The Morgan fingerprint density at radius 2 is 1.56 bits per heavy atom. The molecule has 4 rings (SSSR count). The zero-order chi connectivity index (χ0) is 19.0. The quantitative estimate of drug-likeness (QED) is 0.675. The lowest BCUT2D eigenvalue weighted by atomic mass is 10.1. The van der Waals surface area contributed by atoms with Gasteiger partial charge in [-0.1, -0.05) is 24.3 Å². The van der Waals surface area contributed by atoms with Crippen LogP contribution in [-0.2, 0) is 7.05 Å². The molecule has 1 aromatic carbocycles. The van der Waals surface area contributed by atoms with Gasteiger partial charge in [0.25, 0.3) is 17.4 Å². The monoisotopic (exact) mass is 382 g/mol. The number of nitrogens with zero attached hydrogens (tertiary/aromatic N) is 4. The van der Waals surface area contributed by atoms with Crippen LogP contribution in [0.3, 0.4) is 0 Å². The molecular formula is C19H18N4O3S. The summed E-state index contributed by atoms with van der Waals surface area (Å²) < 4.78 is 1.20. The highest BCUT2D eigenvalue weighted by atomic mass is 32.1. The molecule has 0 unspecified atom stereocenters. The maximum atomic E-state index is 13.0. The molecule has 7 nitrogen and oxygen atoms in total. The smallest absolute Gasteiger partial charge is 0.275 e. The van der Waals surface area contributed by atoms with Crippen LogP contribution in [0.15, 0.2) is 46.6 Å². The van der Waals surface area contributed by atoms with Crippen molar-refractivity contribution in [2.24, 2.45) is 7.05 Å². The van der Waals surface area contributed by atoms with Crippen LogP contribution in [-0.4, -0.2) is 57.6 Å². The van der Waals surface area contributed by atoms with Gasteiger partial charge in [-0.15, -0.1) is 11.3 Å². The predicted octanol–water partition coefficient (Wildman–Crippen LogP) is 1.59. The van der Waals surface area contributed by atoms with Gasteiger partial charge in [-0.2, -0.15) is 5.10 Å². The highest BCUT2D eigenvalue weighted by Gasteiger charge is 2.28. The first kappa shape index (κ1) is 17.4. The molecule has 0 radical (unpaired) electrons. The summed E-state index contributed by atoms with van der Waals surface area (Å²) in [4.78, 5) is 41.9. The van der Waals surface area contributed by atoms with Crippen molar-refractivity contribution in [1.82, 2.24) is 19.6 Å². The van der Waals surface area contributed by atoms with Gasteiger partial charge >= 0.3 is 0 Å². The van der Waals surface area contributed by atoms with Crippen LogP contribution in [0.4, 0.5) is 0 Å². The van der Waals surface area contributed by atoms with Gasteiger partial charge in [0.05, 0.1) is 10.3 Å². The topological polar surface area (TPSA) is 75.5 Å². The number of rotatable bonds is 2. The van der Waals surface area contributed by atoms with Crippen molar-refractivity contribution in [1.29, 1.82) is 0 Å². The second kappa shape index (κ2) is 6.96. The first-order valence-corrected chi connectivity index (χ1v) is 9.52. The second-order valence-corrected chi connectivity index (χ2v) is 7.33. The van der Waals surface area contributed by atoms with Crippen molar-refractivity contribution < 1.29 is 9.59 Å². The normalized spacial score (nSPS) is 14.6. The summed E-state index contributed by atoms with van der Waals surface area (Å²) in [7, 11) is 1.54. The summed E-state index contributed by atoms with van der Waals surface area (Å²) in [5.41, 5.74) is 0.0410. The zero-order valence-corrected chi connectivity index (χ0v) is 15.6. The second-order valence-electron chi connectivity index (χ2n) is 6.38. The molecule has 27 heavy (non-hydrogen) atoms. The Balaban J connectivity index is 1.55. The lowest BCUT2D eigenvalue weighted by Crippen LogP contribution is -2.50. The molecule has 0 saturated carbocycles. The molecule has 1 fully saturated rings. The lowest BCUT2D eigenvalue weighted by molar-refractivity contribution is 0.0535. The van der Waals surface area contributed by atoms with E-state index < -0.39 is 0 Å². The summed E-state index contributed by atoms with van der Waals surface area (Å²) in [6.45, 7) is 1.84. The number of hydrogen-bond acceptors (Lipinski definition) is 5. The number of carbonyl (C=O) groups is 2. The first-order valence-electron chi connectivity index (χ1n) is 8.64. The molecule has 0 atom stereocenters. The molecule has 3 heterocycles. The van der Waals surface area contributed by atoms with Crippen LogP contribution in [0.2, 0.25) is 0 Å². The maximum absolute atomic E-state index is 13.0. The molecule has 2 aromatic heterocycles. The van der Waals surface area contributed by atoms with Crippen LogP contribution in [0.1, 0.15) is 20.2 Å². The largest absolute Gasteiger partial charge is 0.334 e. The van der Waals surface area contributed by atoms with Gasteiger partial charge in [0.2, 0.25) is 0 Å². The summed E-state index contributed by atoms with van der Waals surface area (Å²) >= 11 is 1.42. The third-order valence-electron chi connectivity index (χ3n) is 4.75. The zero-order valence-electron chi connectivity index (χ0n) is 14.8. The highest BCUT2D eigenvalue weighted by Crippen LogP contribution is 2.18. The van der Waals surface area contributed by atoms with Crippen molar-refractivity contribution in [3.63, 3.8) is 0 Å². The fourth-order valence-corrected chi connectivity index (χ4v) is 3.97. The molecule has 0 bridgehead atoms. The van der Waals surface area contributed by atoms with E-state index >= 15 is 0 Å². The van der Waals surface area contributed by atoms with Gasteiger partial charge < -0.3 is 9.80 Å². The van der Waals surface area contributed by atoms with Crippen LogP contribution in [0.5, 0.6) is 0 Å². The van der Waals surface area contributed by atoms with E-state index in [4.69, 9.17) is 0 Å². The minimum atomic E-state index is -0.228. The van der Waals surface area contributed by atoms with Gasteiger partial charge in [-0.25, -0.2) is 4.68 Å².